The minimum atomic E-state index is -0.922. The minimum Gasteiger partial charge on any atom is -0.478 e. The van der Waals surface area contributed by atoms with Crippen LogP contribution in [0.4, 0.5) is 5.82 Å². The molecule has 0 aliphatic rings. The lowest BCUT2D eigenvalue weighted by Gasteiger charge is -2.07. The first-order chi connectivity index (χ1) is 7.50. The summed E-state index contributed by atoms with van der Waals surface area (Å²) in [6.07, 6.45) is 0. The second kappa shape index (κ2) is 3.52. The van der Waals surface area contributed by atoms with E-state index in [9.17, 15) is 4.79 Å². The Morgan fingerprint density at radius 3 is 2.69 bits per heavy atom. The van der Waals surface area contributed by atoms with Gasteiger partial charge in [0.2, 0.25) is 0 Å². The van der Waals surface area contributed by atoms with Crippen molar-refractivity contribution >= 4 is 22.7 Å². The maximum atomic E-state index is 10.9. The number of carbonyl (C=O) groups is 1. The average Bonchev–Trinajstić information content (AvgIpc) is 2.56. The number of aromatic carboxylic acids is 1. The molecule has 0 bridgehead atoms. The van der Waals surface area contributed by atoms with Crippen molar-refractivity contribution in [2.24, 2.45) is 7.05 Å². The van der Waals surface area contributed by atoms with Crippen LogP contribution in [0.1, 0.15) is 10.4 Å². The van der Waals surface area contributed by atoms with Gasteiger partial charge in [-0.05, 0) is 18.2 Å². The smallest absolute Gasteiger partial charge is 0.335 e. The fourth-order valence-corrected chi connectivity index (χ4v) is 1.70. The lowest BCUT2D eigenvalue weighted by atomic mass is 10.1. The van der Waals surface area contributed by atoms with E-state index in [1.807, 2.05) is 19.0 Å². The van der Waals surface area contributed by atoms with Crippen molar-refractivity contribution in [3.63, 3.8) is 0 Å². The summed E-state index contributed by atoms with van der Waals surface area (Å²) in [5.74, 6) is -0.0797. The number of nitrogens with zero attached hydrogens (tertiary/aromatic N) is 3. The molecule has 0 aliphatic heterocycles. The number of hydrogen-bond acceptors (Lipinski definition) is 3. The van der Waals surface area contributed by atoms with E-state index in [1.165, 1.54) is 0 Å². The Kier molecular flexibility index (Phi) is 2.30. The molecule has 0 atom stereocenters. The summed E-state index contributed by atoms with van der Waals surface area (Å²) in [5.41, 5.74) is 1.10. The van der Waals surface area contributed by atoms with Gasteiger partial charge in [-0.2, -0.15) is 5.10 Å². The van der Waals surface area contributed by atoms with Crippen molar-refractivity contribution < 1.29 is 9.90 Å². The van der Waals surface area contributed by atoms with E-state index in [1.54, 1.807) is 29.9 Å². The number of aromatic nitrogens is 2. The number of benzene rings is 1. The maximum absolute atomic E-state index is 10.9. The van der Waals surface area contributed by atoms with Crippen molar-refractivity contribution in [1.29, 1.82) is 0 Å². The van der Waals surface area contributed by atoms with Gasteiger partial charge < -0.3 is 10.0 Å². The molecular weight excluding hydrogens is 206 g/mol. The van der Waals surface area contributed by atoms with E-state index >= 15 is 0 Å². The molecule has 0 saturated heterocycles. The van der Waals surface area contributed by atoms with E-state index in [4.69, 9.17) is 5.11 Å². The monoisotopic (exact) mass is 219 g/mol. The summed E-state index contributed by atoms with van der Waals surface area (Å²) in [7, 11) is 5.63. The molecule has 1 heterocycles. The Balaban J connectivity index is 2.71. The van der Waals surface area contributed by atoms with Crippen molar-refractivity contribution in [2.45, 2.75) is 0 Å². The van der Waals surface area contributed by atoms with Gasteiger partial charge in [-0.15, -0.1) is 0 Å². The molecule has 84 valence electrons. The molecule has 0 aliphatic carbocycles. The molecule has 2 aromatic rings. The summed E-state index contributed by atoms with van der Waals surface area (Å²) >= 11 is 0. The zero-order chi connectivity index (χ0) is 11.9. The number of carboxylic acid groups (broad SMARTS) is 1. The first-order valence-electron chi connectivity index (χ1n) is 4.88. The molecule has 0 saturated carbocycles. The van der Waals surface area contributed by atoms with Crippen LogP contribution in [0, 0.1) is 0 Å². The quantitative estimate of drug-likeness (QED) is 0.828. The molecule has 1 aromatic carbocycles. The number of carboxylic acids is 1. The van der Waals surface area contributed by atoms with Gasteiger partial charge in [0.15, 0.2) is 5.82 Å². The van der Waals surface area contributed by atoms with Crippen LogP contribution in [-0.4, -0.2) is 35.0 Å². The molecular formula is C11H13N3O2. The number of rotatable bonds is 2. The van der Waals surface area contributed by atoms with Crippen LogP contribution in [0.25, 0.3) is 10.9 Å². The highest BCUT2D eigenvalue weighted by atomic mass is 16.4. The van der Waals surface area contributed by atoms with E-state index in [2.05, 4.69) is 5.10 Å². The molecule has 0 radical (unpaired) electrons. The standard InChI is InChI=1S/C11H13N3O2/c1-13(2)10-8-5-4-7(11(15)16)6-9(8)14(3)12-10/h4-6H,1-3H3,(H,15,16). The highest BCUT2D eigenvalue weighted by Crippen LogP contribution is 2.25. The Labute approximate surface area is 92.9 Å². The maximum Gasteiger partial charge on any atom is 0.335 e. The summed E-state index contributed by atoms with van der Waals surface area (Å²) in [4.78, 5) is 12.8. The Bertz CT molecular complexity index is 558. The number of hydrogen-bond donors (Lipinski definition) is 1. The molecule has 0 fully saturated rings. The molecule has 5 nitrogen and oxygen atoms in total. The topological polar surface area (TPSA) is 58.4 Å². The Morgan fingerprint density at radius 1 is 1.44 bits per heavy atom. The van der Waals surface area contributed by atoms with Crippen LogP contribution >= 0.6 is 0 Å². The zero-order valence-electron chi connectivity index (χ0n) is 9.43. The van der Waals surface area contributed by atoms with Gasteiger partial charge in [-0.25, -0.2) is 4.79 Å². The number of fused-ring (bicyclic) bond motifs is 1. The van der Waals surface area contributed by atoms with Crippen molar-refractivity contribution in [1.82, 2.24) is 9.78 Å². The van der Waals surface area contributed by atoms with Gasteiger partial charge >= 0.3 is 5.97 Å². The summed E-state index contributed by atoms with van der Waals surface area (Å²) in [5, 5.41) is 14.2. The largest absolute Gasteiger partial charge is 0.478 e. The highest BCUT2D eigenvalue weighted by Gasteiger charge is 2.12. The first kappa shape index (κ1) is 10.5. The van der Waals surface area contributed by atoms with Gasteiger partial charge in [0, 0.05) is 26.5 Å². The Hall–Kier alpha value is -2.04. The van der Waals surface area contributed by atoms with Gasteiger partial charge in [0.05, 0.1) is 11.1 Å². The molecule has 5 heteroatoms. The van der Waals surface area contributed by atoms with Crippen LogP contribution in [0.3, 0.4) is 0 Å². The van der Waals surface area contributed by atoms with Crippen LogP contribution in [0.5, 0.6) is 0 Å². The van der Waals surface area contributed by atoms with Gasteiger partial charge in [0.1, 0.15) is 0 Å². The average molecular weight is 219 g/mol. The van der Waals surface area contributed by atoms with Gasteiger partial charge in [0.25, 0.3) is 0 Å². The second-order valence-corrected chi connectivity index (χ2v) is 3.88. The SMILES string of the molecule is CN(C)c1nn(C)c2cc(C(=O)O)ccc12. The highest BCUT2D eigenvalue weighted by molar-refractivity contribution is 5.97. The molecule has 16 heavy (non-hydrogen) atoms. The van der Waals surface area contributed by atoms with Crippen molar-refractivity contribution in [3.05, 3.63) is 23.8 Å². The predicted octanol–water partition coefficient (Wildman–Crippen LogP) is 1.34. The lowest BCUT2D eigenvalue weighted by molar-refractivity contribution is 0.0697. The minimum absolute atomic E-state index is 0.279. The molecule has 2 rings (SSSR count). The summed E-state index contributed by atoms with van der Waals surface area (Å²) < 4.78 is 1.69. The second-order valence-electron chi connectivity index (χ2n) is 3.88. The van der Waals surface area contributed by atoms with Crippen LogP contribution < -0.4 is 4.90 Å². The van der Waals surface area contributed by atoms with Gasteiger partial charge in [-0.1, -0.05) is 0 Å². The first-order valence-corrected chi connectivity index (χ1v) is 4.88. The molecule has 0 amide bonds. The molecule has 1 aromatic heterocycles. The van der Waals surface area contributed by atoms with Crippen molar-refractivity contribution in [3.8, 4) is 0 Å². The zero-order valence-corrected chi connectivity index (χ0v) is 9.43. The van der Waals surface area contributed by atoms with Crippen LogP contribution in [-0.2, 0) is 7.05 Å². The number of anilines is 1. The number of aryl methyl sites for hydroxylation is 1. The van der Waals surface area contributed by atoms with Crippen LogP contribution in [0.15, 0.2) is 18.2 Å². The predicted molar refractivity (Wildman–Crippen MR) is 62.0 cm³/mol. The van der Waals surface area contributed by atoms with E-state index in [0.29, 0.717) is 0 Å². The normalized spacial score (nSPS) is 10.7. The van der Waals surface area contributed by atoms with Crippen molar-refractivity contribution in [2.75, 3.05) is 19.0 Å². The van der Waals surface area contributed by atoms with E-state index < -0.39 is 5.97 Å². The molecule has 0 unspecified atom stereocenters. The molecule has 0 spiro atoms. The van der Waals surface area contributed by atoms with E-state index in [-0.39, 0.29) is 5.56 Å². The Morgan fingerprint density at radius 2 is 2.12 bits per heavy atom. The summed E-state index contributed by atoms with van der Waals surface area (Å²) in [6, 6.07) is 5.03. The van der Waals surface area contributed by atoms with E-state index in [0.717, 1.165) is 16.7 Å². The molecule has 1 N–H and O–H groups in total. The third-order valence-corrected chi connectivity index (χ3v) is 2.50. The summed E-state index contributed by atoms with van der Waals surface area (Å²) in [6.45, 7) is 0. The fourth-order valence-electron chi connectivity index (χ4n) is 1.70. The third-order valence-electron chi connectivity index (χ3n) is 2.50. The van der Waals surface area contributed by atoms with Gasteiger partial charge in [-0.3, -0.25) is 4.68 Å². The van der Waals surface area contributed by atoms with Crippen LogP contribution in [0.2, 0.25) is 0 Å². The lowest BCUT2D eigenvalue weighted by Crippen LogP contribution is -2.09. The third kappa shape index (κ3) is 1.50. The fraction of sp³-hybridized carbons (Fsp3) is 0.273.